The summed E-state index contributed by atoms with van der Waals surface area (Å²) in [5.41, 5.74) is 0.326. The summed E-state index contributed by atoms with van der Waals surface area (Å²) in [5, 5.41) is 10.7. The van der Waals surface area contributed by atoms with Gasteiger partial charge in [0, 0.05) is 12.5 Å². The zero-order chi connectivity index (χ0) is 13.5. The molecule has 0 saturated heterocycles. The molecule has 5 nitrogen and oxygen atoms in total. The Labute approximate surface area is 105 Å². The number of aryl methyl sites for hydroxylation is 1. The van der Waals surface area contributed by atoms with Crippen LogP contribution in [0.4, 0.5) is 5.69 Å². The number of ketones is 1. The van der Waals surface area contributed by atoms with E-state index in [1.54, 1.807) is 6.07 Å². The van der Waals surface area contributed by atoms with Crippen LogP contribution in [-0.4, -0.2) is 16.8 Å². The number of non-ortho nitro benzene ring substituents is 1. The van der Waals surface area contributed by atoms with Crippen molar-refractivity contribution in [2.75, 3.05) is 0 Å². The monoisotopic (exact) mass is 249 g/mol. The SMILES string of the molecule is Cc1ccc([N+](=O)[O-])cc1OC1CC(=O)C1(C)C. The maximum atomic E-state index is 11.4. The summed E-state index contributed by atoms with van der Waals surface area (Å²) in [6, 6.07) is 4.51. The lowest BCUT2D eigenvalue weighted by atomic mass is 9.68. The van der Waals surface area contributed by atoms with E-state index in [9.17, 15) is 14.9 Å². The van der Waals surface area contributed by atoms with Crippen LogP contribution in [0.2, 0.25) is 0 Å². The molecule has 0 N–H and O–H groups in total. The minimum Gasteiger partial charge on any atom is -0.488 e. The lowest BCUT2D eigenvalue weighted by Gasteiger charge is -2.42. The van der Waals surface area contributed by atoms with Gasteiger partial charge in [0.25, 0.3) is 5.69 Å². The Morgan fingerprint density at radius 1 is 1.44 bits per heavy atom. The van der Waals surface area contributed by atoms with Crippen molar-refractivity contribution in [2.45, 2.75) is 33.3 Å². The molecule has 0 bridgehead atoms. The number of carbonyl (C=O) groups excluding carboxylic acids is 1. The van der Waals surface area contributed by atoms with Gasteiger partial charge >= 0.3 is 0 Å². The molecule has 0 heterocycles. The summed E-state index contributed by atoms with van der Waals surface area (Å²) in [6.07, 6.45) is 0.167. The number of hydrogen-bond acceptors (Lipinski definition) is 4. The molecule has 0 radical (unpaired) electrons. The highest BCUT2D eigenvalue weighted by molar-refractivity contribution is 5.91. The standard InChI is InChI=1S/C13H15NO4/c1-8-4-5-9(14(16)17)6-10(8)18-12-7-11(15)13(12,2)3/h4-6,12H,7H2,1-3H3. The summed E-state index contributed by atoms with van der Waals surface area (Å²) in [7, 11) is 0. The van der Waals surface area contributed by atoms with Crippen LogP contribution >= 0.6 is 0 Å². The topological polar surface area (TPSA) is 69.4 Å². The Hall–Kier alpha value is -1.91. The minimum atomic E-state index is -0.503. The molecule has 96 valence electrons. The predicted octanol–water partition coefficient (Wildman–Crippen LogP) is 2.65. The van der Waals surface area contributed by atoms with E-state index in [-0.39, 0.29) is 17.6 Å². The fraction of sp³-hybridized carbons (Fsp3) is 0.462. The van der Waals surface area contributed by atoms with Gasteiger partial charge in [0.15, 0.2) is 0 Å². The van der Waals surface area contributed by atoms with Gasteiger partial charge < -0.3 is 4.74 Å². The van der Waals surface area contributed by atoms with Crippen LogP contribution < -0.4 is 4.74 Å². The van der Waals surface area contributed by atoms with Crippen molar-refractivity contribution in [1.29, 1.82) is 0 Å². The van der Waals surface area contributed by atoms with Crippen molar-refractivity contribution in [3.8, 4) is 5.75 Å². The molecule has 1 fully saturated rings. The maximum absolute atomic E-state index is 11.4. The van der Waals surface area contributed by atoms with Crippen molar-refractivity contribution in [3.05, 3.63) is 33.9 Å². The zero-order valence-electron chi connectivity index (χ0n) is 10.6. The second-order valence-corrected chi connectivity index (χ2v) is 5.16. The van der Waals surface area contributed by atoms with Crippen molar-refractivity contribution in [2.24, 2.45) is 5.41 Å². The molecule has 2 rings (SSSR count). The second-order valence-electron chi connectivity index (χ2n) is 5.16. The summed E-state index contributed by atoms with van der Waals surface area (Å²) in [5.74, 6) is 0.644. The van der Waals surface area contributed by atoms with E-state index in [0.717, 1.165) is 5.56 Å². The Morgan fingerprint density at radius 3 is 2.61 bits per heavy atom. The second kappa shape index (κ2) is 4.08. The van der Waals surface area contributed by atoms with Crippen LogP contribution in [0.25, 0.3) is 0 Å². The number of nitrogens with zero attached hydrogens (tertiary/aromatic N) is 1. The number of hydrogen-bond donors (Lipinski definition) is 0. The van der Waals surface area contributed by atoms with Gasteiger partial charge in [-0.2, -0.15) is 0 Å². The molecule has 1 aliphatic rings. The molecule has 1 saturated carbocycles. The van der Waals surface area contributed by atoms with Gasteiger partial charge in [-0.25, -0.2) is 0 Å². The lowest BCUT2D eigenvalue weighted by molar-refractivity contribution is -0.385. The van der Waals surface area contributed by atoms with Crippen molar-refractivity contribution in [1.82, 2.24) is 0 Å². The van der Waals surface area contributed by atoms with E-state index in [0.29, 0.717) is 12.2 Å². The van der Waals surface area contributed by atoms with Crippen LogP contribution in [0.5, 0.6) is 5.75 Å². The Balaban J connectivity index is 2.22. The van der Waals surface area contributed by atoms with Crippen LogP contribution in [0.1, 0.15) is 25.8 Å². The molecule has 0 spiro atoms. The van der Waals surface area contributed by atoms with E-state index < -0.39 is 10.3 Å². The fourth-order valence-corrected chi connectivity index (χ4v) is 1.91. The first kappa shape index (κ1) is 12.5. The molecule has 0 aromatic heterocycles. The maximum Gasteiger partial charge on any atom is 0.273 e. The number of ether oxygens (including phenoxy) is 1. The van der Waals surface area contributed by atoms with E-state index in [2.05, 4.69) is 0 Å². The molecule has 1 aliphatic carbocycles. The van der Waals surface area contributed by atoms with Crippen LogP contribution in [0.15, 0.2) is 18.2 Å². The normalized spacial score (nSPS) is 21.3. The lowest BCUT2D eigenvalue weighted by Crippen LogP contribution is -2.53. The Kier molecular flexibility index (Phi) is 2.84. The summed E-state index contributed by atoms with van der Waals surface area (Å²) in [6.45, 7) is 5.49. The minimum absolute atomic E-state index is 0.000874. The first-order chi connectivity index (χ1) is 8.32. The van der Waals surface area contributed by atoms with E-state index in [1.807, 2.05) is 20.8 Å². The Morgan fingerprint density at radius 2 is 2.11 bits per heavy atom. The summed E-state index contributed by atoms with van der Waals surface area (Å²) >= 11 is 0. The van der Waals surface area contributed by atoms with Crippen molar-refractivity contribution >= 4 is 11.5 Å². The molecule has 1 aromatic rings. The van der Waals surface area contributed by atoms with Crippen LogP contribution in [0, 0.1) is 22.5 Å². The third-order valence-corrected chi connectivity index (χ3v) is 3.55. The molecule has 18 heavy (non-hydrogen) atoms. The molecule has 0 amide bonds. The van der Waals surface area contributed by atoms with Crippen LogP contribution in [0.3, 0.4) is 0 Å². The highest BCUT2D eigenvalue weighted by Crippen LogP contribution is 2.40. The largest absolute Gasteiger partial charge is 0.488 e. The van der Waals surface area contributed by atoms with E-state index in [4.69, 9.17) is 4.74 Å². The highest BCUT2D eigenvalue weighted by atomic mass is 16.6. The summed E-state index contributed by atoms with van der Waals surface area (Å²) < 4.78 is 5.73. The number of benzene rings is 1. The number of nitro groups is 1. The first-order valence-electron chi connectivity index (χ1n) is 5.77. The van der Waals surface area contributed by atoms with Crippen LogP contribution in [-0.2, 0) is 4.79 Å². The van der Waals surface area contributed by atoms with Gasteiger partial charge in [-0.05, 0) is 32.4 Å². The number of carbonyl (C=O) groups is 1. The van der Waals surface area contributed by atoms with Crippen molar-refractivity contribution < 1.29 is 14.5 Å². The van der Waals surface area contributed by atoms with Crippen molar-refractivity contribution in [3.63, 3.8) is 0 Å². The third kappa shape index (κ3) is 1.96. The molecule has 1 atom stereocenters. The molecular formula is C13H15NO4. The predicted molar refractivity (Wildman–Crippen MR) is 65.7 cm³/mol. The number of rotatable bonds is 3. The quantitative estimate of drug-likeness (QED) is 0.610. The van der Waals surface area contributed by atoms with E-state index in [1.165, 1.54) is 12.1 Å². The smallest absolute Gasteiger partial charge is 0.273 e. The number of nitro benzene ring substituents is 1. The average Bonchev–Trinajstić information content (AvgIpc) is 2.30. The van der Waals surface area contributed by atoms with E-state index >= 15 is 0 Å². The third-order valence-electron chi connectivity index (χ3n) is 3.55. The summed E-state index contributed by atoms with van der Waals surface area (Å²) in [4.78, 5) is 21.7. The average molecular weight is 249 g/mol. The molecule has 1 unspecified atom stereocenters. The number of Topliss-reactive ketones (excluding diaryl/α,β-unsaturated/α-hetero) is 1. The zero-order valence-corrected chi connectivity index (χ0v) is 10.6. The van der Waals surface area contributed by atoms with Gasteiger partial charge in [0.05, 0.1) is 16.4 Å². The molecule has 0 aliphatic heterocycles. The highest BCUT2D eigenvalue weighted by Gasteiger charge is 2.49. The first-order valence-corrected chi connectivity index (χ1v) is 5.77. The van der Waals surface area contributed by atoms with Gasteiger partial charge in [-0.15, -0.1) is 0 Å². The Bertz CT molecular complexity index is 522. The molecule has 5 heteroatoms. The van der Waals surface area contributed by atoms with Gasteiger partial charge in [0.1, 0.15) is 17.6 Å². The molecular weight excluding hydrogens is 234 g/mol. The fourth-order valence-electron chi connectivity index (χ4n) is 1.91. The van der Waals surface area contributed by atoms with Gasteiger partial charge in [-0.3, -0.25) is 14.9 Å². The molecule has 1 aromatic carbocycles. The van der Waals surface area contributed by atoms with Gasteiger partial charge in [0.2, 0.25) is 0 Å². The van der Waals surface area contributed by atoms with Gasteiger partial charge in [-0.1, -0.05) is 0 Å².